The Kier molecular flexibility index (Phi) is 5.71. The third kappa shape index (κ3) is 5.02. The first-order valence-corrected chi connectivity index (χ1v) is 5.77. The summed E-state index contributed by atoms with van der Waals surface area (Å²) in [5.41, 5.74) is 0.723. The van der Waals surface area contributed by atoms with Crippen LogP contribution in [-0.4, -0.2) is 46.2 Å². The average Bonchev–Trinajstić information content (AvgIpc) is 2.76. The highest BCUT2D eigenvalue weighted by Crippen LogP contribution is 1.98. The number of carbonyl (C=O) groups excluding carboxylic acids is 1. The summed E-state index contributed by atoms with van der Waals surface area (Å²) in [5, 5.41) is 10.0. The Balaban J connectivity index is 2.15. The molecule has 0 fully saturated rings. The third-order valence-electron chi connectivity index (χ3n) is 2.51. The van der Waals surface area contributed by atoms with Gasteiger partial charge in [-0.05, 0) is 20.0 Å². The number of nitrogens with zero attached hydrogens (tertiary/aromatic N) is 3. The van der Waals surface area contributed by atoms with Crippen molar-refractivity contribution in [1.82, 2.24) is 20.3 Å². The maximum absolute atomic E-state index is 11.6. The lowest BCUT2D eigenvalue weighted by atomic mass is 10.1. The van der Waals surface area contributed by atoms with E-state index >= 15 is 0 Å². The molecule has 0 aromatic carbocycles. The van der Waals surface area contributed by atoms with E-state index in [9.17, 15) is 4.79 Å². The van der Waals surface area contributed by atoms with Crippen LogP contribution in [0.3, 0.4) is 0 Å². The summed E-state index contributed by atoms with van der Waals surface area (Å²) in [6.45, 7) is 4.06. The second kappa shape index (κ2) is 7.11. The standard InChI is InChI=1S/C11H20N4O/c1-3-4-6-15(2)7-5-11(16)8-10-9-12-14-13-10/h9H,3-8H2,1-2H3,(H,12,13,14). The SMILES string of the molecule is CCCCN(C)CCC(=O)Cc1cn[nH]n1. The number of carbonyl (C=O) groups is 1. The van der Waals surface area contributed by atoms with Gasteiger partial charge in [0.05, 0.1) is 18.3 Å². The van der Waals surface area contributed by atoms with Crippen molar-refractivity contribution in [2.75, 3.05) is 20.1 Å². The maximum atomic E-state index is 11.6. The van der Waals surface area contributed by atoms with Crippen LogP contribution in [0.5, 0.6) is 0 Å². The molecule has 0 amide bonds. The molecule has 1 aromatic rings. The number of rotatable bonds is 8. The summed E-state index contributed by atoms with van der Waals surface area (Å²) >= 11 is 0. The Morgan fingerprint density at radius 3 is 2.94 bits per heavy atom. The molecular weight excluding hydrogens is 204 g/mol. The van der Waals surface area contributed by atoms with Crippen LogP contribution in [0.25, 0.3) is 0 Å². The summed E-state index contributed by atoms with van der Waals surface area (Å²) in [7, 11) is 2.05. The van der Waals surface area contributed by atoms with Crippen LogP contribution in [0.1, 0.15) is 31.9 Å². The first-order chi connectivity index (χ1) is 7.72. The molecular formula is C11H20N4O. The van der Waals surface area contributed by atoms with Gasteiger partial charge >= 0.3 is 0 Å². The molecule has 1 rings (SSSR count). The largest absolute Gasteiger partial charge is 0.306 e. The number of ketones is 1. The van der Waals surface area contributed by atoms with Gasteiger partial charge in [0.1, 0.15) is 5.78 Å². The quantitative estimate of drug-likeness (QED) is 0.716. The second-order valence-corrected chi connectivity index (χ2v) is 4.08. The Morgan fingerprint density at radius 1 is 1.50 bits per heavy atom. The van der Waals surface area contributed by atoms with Crippen LogP contribution < -0.4 is 0 Å². The lowest BCUT2D eigenvalue weighted by molar-refractivity contribution is -0.118. The molecule has 16 heavy (non-hydrogen) atoms. The fraction of sp³-hybridized carbons (Fsp3) is 0.727. The van der Waals surface area contributed by atoms with E-state index < -0.39 is 0 Å². The number of H-pyrrole nitrogens is 1. The van der Waals surface area contributed by atoms with Crippen LogP contribution in [0, 0.1) is 0 Å². The van der Waals surface area contributed by atoms with Crippen molar-refractivity contribution in [2.45, 2.75) is 32.6 Å². The van der Waals surface area contributed by atoms with Gasteiger partial charge in [-0.3, -0.25) is 4.79 Å². The van der Waals surface area contributed by atoms with E-state index in [1.165, 1.54) is 12.8 Å². The molecule has 5 nitrogen and oxygen atoms in total. The molecule has 5 heteroatoms. The summed E-state index contributed by atoms with van der Waals surface area (Å²) in [5.74, 6) is 0.220. The summed E-state index contributed by atoms with van der Waals surface area (Å²) in [4.78, 5) is 13.8. The maximum Gasteiger partial charge on any atom is 0.140 e. The molecule has 0 saturated heterocycles. The summed E-state index contributed by atoms with van der Waals surface area (Å²) in [6.07, 6.45) is 4.95. The normalized spacial score (nSPS) is 10.9. The molecule has 90 valence electrons. The van der Waals surface area contributed by atoms with E-state index in [2.05, 4.69) is 34.3 Å². The van der Waals surface area contributed by atoms with Crippen LogP contribution in [0.15, 0.2) is 6.20 Å². The Labute approximate surface area is 96.2 Å². The molecule has 1 aromatic heterocycles. The van der Waals surface area contributed by atoms with Gasteiger partial charge in [-0.1, -0.05) is 13.3 Å². The zero-order chi connectivity index (χ0) is 11.8. The minimum absolute atomic E-state index is 0.220. The number of hydrogen-bond donors (Lipinski definition) is 1. The molecule has 0 spiro atoms. The number of hydrogen-bond acceptors (Lipinski definition) is 4. The lowest BCUT2D eigenvalue weighted by Gasteiger charge is -2.14. The number of Topliss-reactive ketones (excluding diaryl/α,β-unsaturated/α-hetero) is 1. The van der Waals surface area contributed by atoms with Crippen molar-refractivity contribution in [2.24, 2.45) is 0 Å². The van der Waals surface area contributed by atoms with Crippen molar-refractivity contribution >= 4 is 5.78 Å². The minimum Gasteiger partial charge on any atom is -0.306 e. The van der Waals surface area contributed by atoms with Crippen molar-refractivity contribution in [1.29, 1.82) is 0 Å². The van der Waals surface area contributed by atoms with Gasteiger partial charge in [0.25, 0.3) is 0 Å². The summed E-state index contributed by atoms with van der Waals surface area (Å²) < 4.78 is 0. The van der Waals surface area contributed by atoms with Gasteiger partial charge in [0, 0.05) is 13.0 Å². The molecule has 0 saturated carbocycles. The van der Waals surface area contributed by atoms with E-state index in [0.717, 1.165) is 18.8 Å². The van der Waals surface area contributed by atoms with Crippen molar-refractivity contribution in [3.63, 3.8) is 0 Å². The van der Waals surface area contributed by atoms with Crippen LogP contribution >= 0.6 is 0 Å². The second-order valence-electron chi connectivity index (χ2n) is 4.08. The Bertz CT molecular complexity index is 297. The smallest absolute Gasteiger partial charge is 0.140 e. The Hall–Kier alpha value is -1.23. The number of nitrogens with one attached hydrogen (secondary N) is 1. The lowest BCUT2D eigenvalue weighted by Crippen LogP contribution is -2.23. The highest BCUT2D eigenvalue weighted by atomic mass is 16.1. The van der Waals surface area contributed by atoms with Crippen molar-refractivity contribution in [3.8, 4) is 0 Å². The van der Waals surface area contributed by atoms with Gasteiger partial charge in [0.15, 0.2) is 0 Å². The first kappa shape index (κ1) is 12.8. The minimum atomic E-state index is 0.220. The molecule has 0 bridgehead atoms. The van der Waals surface area contributed by atoms with Gasteiger partial charge in [-0.25, -0.2) is 0 Å². The van der Waals surface area contributed by atoms with Crippen molar-refractivity contribution in [3.05, 3.63) is 11.9 Å². The monoisotopic (exact) mass is 224 g/mol. The molecule has 0 aliphatic carbocycles. The zero-order valence-corrected chi connectivity index (χ0v) is 10.1. The van der Waals surface area contributed by atoms with Crippen molar-refractivity contribution < 1.29 is 4.79 Å². The number of aromatic amines is 1. The topological polar surface area (TPSA) is 61.9 Å². The predicted molar refractivity (Wildman–Crippen MR) is 62.1 cm³/mol. The van der Waals surface area contributed by atoms with E-state index in [1.807, 2.05) is 0 Å². The van der Waals surface area contributed by atoms with Gasteiger partial charge in [-0.2, -0.15) is 15.4 Å². The highest BCUT2D eigenvalue weighted by Gasteiger charge is 2.07. The molecule has 0 aliphatic rings. The number of unbranched alkanes of at least 4 members (excludes halogenated alkanes) is 1. The fourth-order valence-corrected chi connectivity index (χ4v) is 1.46. The van der Waals surface area contributed by atoms with E-state index in [4.69, 9.17) is 0 Å². The fourth-order valence-electron chi connectivity index (χ4n) is 1.46. The third-order valence-corrected chi connectivity index (χ3v) is 2.51. The van der Waals surface area contributed by atoms with E-state index in [1.54, 1.807) is 6.20 Å². The van der Waals surface area contributed by atoms with Gasteiger partial charge in [0.2, 0.25) is 0 Å². The first-order valence-electron chi connectivity index (χ1n) is 5.77. The molecule has 0 atom stereocenters. The van der Waals surface area contributed by atoms with E-state index in [0.29, 0.717) is 12.8 Å². The van der Waals surface area contributed by atoms with E-state index in [-0.39, 0.29) is 5.78 Å². The molecule has 0 aliphatic heterocycles. The highest BCUT2D eigenvalue weighted by molar-refractivity contribution is 5.80. The zero-order valence-electron chi connectivity index (χ0n) is 10.1. The molecule has 0 radical (unpaired) electrons. The summed E-state index contributed by atoms with van der Waals surface area (Å²) in [6, 6.07) is 0. The molecule has 0 unspecified atom stereocenters. The predicted octanol–water partition coefficient (Wildman–Crippen LogP) is 1.04. The van der Waals surface area contributed by atoms with Gasteiger partial charge in [-0.15, -0.1) is 0 Å². The Morgan fingerprint density at radius 2 is 2.31 bits per heavy atom. The molecule has 1 N–H and O–H groups in total. The van der Waals surface area contributed by atoms with Crippen LogP contribution in [0.2, 0.25) is 0 Å². The molecule has 1 heterocycles. The van der Waals surface area contributed by atoms with Gasteiger partial charge < -0.3 is 4.90 Å². The number of aromatic nitrogens is 3. The average molecular weight is 224 g/mol. The van der Waals surface area contributed by atoms with Crippen LogP contribution in [-0.2, 0) is 11.2 Å². The van der Waals surface area contributed by atoms with Crippen LogP contribution in [0.4, 0.5) is 0 Å².